The Kier molecular flexibility index (Phi) is 4.80. The van der Waals surface area contributed by atoms with Crippen molar-refractivity contribution in [2.75, 3.05) is 7.11 Å². The molecule has 1 atom stereocenters. The molecule has 1 N–H and O–H groups in total. The Balaban J connectivity index is 2.50. The van der Waals surface area contributed by atoms with Crippen LogP contribution in [-0.4, -0.2) is 12.2 Å². The monoisotopic (exact) mass is 358 g/mol. The third kappa shape index (κ3) is 3.33. The molecule has 0 unspecified atom stereocenters. The predicted octanol–water partition coefficient (Wildman–Crippen LogP) is 4.58. The normalized spacial score (nSPS) is 12.1. The Morgan fingerprint density at radius 2 is 1.81 bits per heavy atom. The van der Waals surface area contributed by atoms with Gasteiger partial charge in [0.25, 0.3) is 0 Å². The van der Waals surface area contributed by atoms with Crippen molar-refractivity contribution in [3.8, 4) is 17.2 Å². The van der Waals surface area contributed by atoms with Crippen LogP contribution in [0, 0.1) is 11.6 Å². The van der Waals surface area contributed by atoms with Crippen LogP contribution in [0.2, 0.25) is 0 Å². The van der Waals surface area contributed by atoms with Crippen LogP contribution in [0.5, 0.6) is 17.2 Å². The molecule has 0 heterocycles. The number of aliphatic hydroxyl groups is 1. The van der Waals surface area contributed by atoms with Crippen LogP contribution in [0.15, 0.2) is 34.8 Å². The molecule has 0 aliphatic heterocycles. The van der Waals surface area contributed by atoms with Crippen molar-refractivity contribution in [1.29, 1.82) is 0 Å². The zero-order chi connectivity index (χ0) is 15.6. The minimum Gasteiger partial charge on any atom is -0.496 e. The van der Waals surface area contributed by atoms with Crippen molar-refractivity contribution in [2.24, 2.45) is 0 Å². The zero-order valence-electron chi connectivity index (χ0n) is 11.4. The van der Waals surface area contributed by atoms with E-state index < -0.39 is 17.7 Å². The summed E-state index contributed by atoms with van der Waals surface area (Å²) in [5, 5.41) is 9.84. The van der Waals surface area contributed by atoms with Gasteiger partial charge in [0.05, 0.1) is 18.8 Å². The van der Waals surface area contributed by atoms with Crippen LogP contribution in [0.3, 0.4) is 0 Å². The molecule has 0 saturated heterocycles. The highest BCUT2D eigenvalue weighted by atomic mass is 79.9. The van der Waals surface area contributed by atoms with Gasteiger partial charge in [0, 0.05) is 4.47 Å². The molecule has 0 aromatic heterocycles. The number of rotatable bonds is 4. The molecule has 112 valence electrons. The molecule has 3 nitrogen and oxygen atoms in total. The second kappa shape index (κ2) is 6.41. The molecule has 0 fully saturated rings. The quantitative estimate of drug-likeness (QED) is 0.812. The van der Waals surface area contributed by atoms with Gasteiger partial charge >= 0.3 is 0 Å². The Bertz CT molecular complexity index is 660. The maximum absolute atomic E-state index is 13.8. The summed E-state index contributed by atoms with van der Waals surface area (Å²) in [4.78, 5) is 0. The van der Waals surface area contributed by atoms with E-state index in [0.29, 0.717) is 15.8 Å². The van der Waals surface area contributed by atoms with E-state index in [1.165, 1.54) is 20.1 Å². The van der Waals surface area contributed by atoms with E-state index in [1.807, 2.05) is 0 Å². The summed E-state index contributed by atoms with van der Waals surface area (Å²) < 4.78 is 38.1. The smallest absolute Gasteiger partial charge is 0.201 e. The van der Waals surface area contributed by atoms with E-state index in [0.717, 1.165) is 6.07 Å². The van der Waals surface area contributed by atoms with Crippen LogP contribution < -0.4 is 9.47 Å². The Morgan fingerprint density at radius 1 is 1.14 bits per heavy atom. The maximum Gasteiger partial charge on any atom is 0.201 e. The molecule has 0 saturated carbocycles. The van der Waals surface area contributed by atoms with Gasteiger partial charge in [-0.2, -0.15) is 4.39 Å². The summed E-state index contributed by atoms with van der Waals surface area (Å²) in [5.41, 5.74) is 0.361. The Morgan fingerprint density at radius 3 is 2.43 bits per heavy atom. The van der Waals surface area contributed by atoms with Crippen molar-refractivity contribution in [1.82, 2.24) is 0 Å². The van der Waals surface area contributed by atoms with E-state index in [-0.39, 0.29) is 11.5 Å². The maximum atomic E-state index is 13.8. The molecule has 2 aromatic rings. The topological polar surface area (TPSA) is 38.7 Å². The average molecular weight is 359 g/mol. The van der Waals surface area contributed by atoms with Gasteiger partial charge < -0.3 is 14.6 Å². The van der Waals surface area contributed by atoms with Gasteiger partial charge in [-0.05, 0) is 31.2 Å². The fourth-order valence-electron chi connectivity index (χ4n) is 1.93. The molecule has 0 amide bonds. The standard InChI is InChI=1S/C15H13BrF2O3/c1-8(19)14-11(20-2)4-3-5-12(14)21-13-7-9(16)6-10(17)15(13)18/h3-8,19H,1-2H3/t8-/m1/s1. The summed E-state index contributed by atoms with van der Waals surface area (Å²) in [6.07, 6.45) is -0.892. The molecule has 0 aliphatic rings. The molecule has 0 bridgehead atoms. The Labute approximate surface area is 129 Å². The van der Waals surface area contributed by atoms with E-state index in [4.69, 9.17) is 9.47 Å². The second-order valence-corrected chi connectivity index (χ2v) is 5.27. The van der Waals surface area contributed by atoms with Gasteiger partial charge in [-0.1, -0.05) is 22.0 Å². The van der Waals surface area contributed by atoms with Crippen LogP contribution in [0.25, 0.3) is 0 Å². The van der Waals surface area contributed by atoms with Crippen molar-refractivity contribution >= 4 is 15.9 Å². The largest absolute Gasteiger partial charge is 0.496 e. The highest BCUT2D eigenvalue weighted by Crippen LogP contribution is 2.38. The first kappa shape index (κ1) is 15.7. The molecule has 21 heavy (non-hydrogen) atoms. The van der Waals surface area contributed by atoms with Gasteiger partial charge in [-0.25, -0.2) is 4.39 Å². The third-order valence-corrected chi connectivity index (χ3v) is 3.30. The van der Waals surface area contributed by atoms with E-state index in [1.54, 1.807) is 18.2 Å². The molecule has 0 aliphatic carbocycles. The summed E-state index contributed by atoms with van der Waals surface area (Å²) in [5.74, 6) is -1.81. The lowest BCUT2D eigenvalue weighted by atomic mass is 10.1. The summed E-state index contributed by atoms with van der Waals surface area (Å²) in [7, 11) is 1.45. The average Bonchev–Trinajstić information content (AvgIpc) is 2.43. The third-order valence-electron chi connectivity index (χ3n) is 2.84. The first-order chi connectivity index (χ1) is 9.93. The van der Waals surface area contributed by atoms with E-state index in [2.05, 4.69) is 15.9 Å². The number of aliphatic hydroxyl groups excluding tert-OH is 1. The lowest BCUT2D eigenvalue weighted by Crippen LogP contribution is -2.01. The molecule has 0 radical (unpaired) electrons. The van der Waals surface area contributed by atoms with E-state index in [9.17, 15) is 13.9 Å². The molecular formula is C15H13BrF2O3. The van der Waals surface area contributed by atoms with Crippen LogP contribution >= 0.6 is 15.9 Å². The number of benzene rings is 2. The number of halogens is 3. The van der Waals surface area contributed by atoms with Crippen LogP contribution in [0.4, 0.5) is 8.78 Å². The SMILES string of the molecule is COc1cccc(Oc2cc(Br)cc(F)c2F)c1[C@@H](C)O. The summed E-state index contributed by atoms with van der Waals surface area (Å²) in [6, 6.07) is 7.13. The Hall–Kier alpha value is -1.66. The van der Waals surface area contributed by atoms with Crippen LogP contribution in [-0.2, 0) is 0 Å². The van der Waals surface area contributed by atoms with Gasteiger partial charge in [0.1, 0.15) is 11.5 Å². The minimum atomic E-state index is -1.10. The highest BCUT2D eigenvalue weighted by molar-refractivity contribution is 9.10. The fraction of sp³-hybridized carbons (Fsp3) is 0.200. The van der Waals surface area contributed by atoms with Gasteiger partial charge in [-0.3, -0.25) is 0 Å². The highest BCUT2D eigenvalue weighted by Gasteiger charge is 2.18. The van der Waals surface area contributed by atoms with Crippen LogP contribution in [0.1, 0.15) is 18.6 Å². The minimum absolute atomic E-state index is 0.195. The predicted molar refractivity (Wildman–Crippen MR) is 77.8 cm³/mol. The number of methoxy groups -OCH3 is 1. The lowest BCUT2D eigenvalue weighted by Gasteiger charge is -2.17. The van der Waals surface area contributed by atoms with Gasteiger partial charge in [-0.15, -0.1) is 0 Å². The fourth-order valence-corrected chi connectivity index (χ4v) is 2.34. The molecule has 6 heteroatoms. The summed E-state index contributed by atoms with van der Waals surface area (Å²) in [6.45, 7) is 1.53. The molecular weight excluding hydrogens is 346 g/mol. The number of hydrogen-bond donors (Lipinski definition) is 1. The van der Waals surface area contributed by atoms with Crippen molar-refractivity contribution in [3.63, 3.8) is 0 Å². The summed E-state index contributed by atoms with van der Waals surface area (Å²) >= 11 is 3.08. The second-order valence-electron chi connectivity index (χ2n) is 4.35. The van der Waals surface area contributed by atoms with Gasteiger partial charge in [0.2, 0.25) is 5.82 Å². The number of ether oxygens (including phenoxy) is 2. The van der Waals surface area contributed by atoms with Gasteiger partial charge in [0.15, 0.2) is 11.6 Å². The molecule has 0 spiro atoms. The van der Waals surface area contributed by atoms with Crippen molar-refractivity contribution < 1.29 is 23.4 Å². The molecule has 2 rings (SSSR count). The first-order valence-corrected chi connectivity index (χ1v) is 6.90. The number of hydrogen-bond acceptors (Lipinski definition) is 3. The van der Waals surface area contributed by atoms with Crippen molar-refractivity contribution in [2.45, 2.75) is 13.0 Å². The lowest BCUT2D eigenvalue weighted by molar-refractivity contribution is 0.190. The zero-order valence-corrected chi connectivity index (χ0v) is 12.9. The molecule has 2 aromatic carbocycles. The first-order valence-electron chi connectivity index (χ1n) is 6.11. The van der Waals surface area contributed by atoms with E-state index >= 15 is 0 Å². The van der Waals surface area contributed by atoms with Crippen molar-refractivity contribution in [3.05, 3.63) is 52.0 Å².